The van der Waals surface area contributed by atoms with Gasteiger partial charge in [-0.05, 0) is 27.7 Å². The summed E-state index contributed by atoms with van der Waals surface area (Å²) in [5.41, 5.74) is 0. The van der Waals surface area contributed by atoms with E-state index in [4.69, 9.17) is 18.5 Å². The normalized spacial score (nSPS) is 12.2. The first-order chi connectivity index (χ1) is 9.61. The molecule has 0 aliphatic carbocycles. The number of hydrogen-bond acceptors (Lipinski definition) is 6. The van der Waals surface area contributed by atoms with Crippen molar-refractivity contribution < 1.29 is 23.1 Å². The molecule has 0 N–H and O–H groups in total. The summed E-state index contributed by atoms with van der Waals surface area (Å²) < 4.78 is 33.9. The second-order valence-electron chi connectivity index (χ2n) is 4.10. The minimum absolute atomic E-state index is 0.273. The van der Waals surface area contributed by atoms with Crippen LogP contribution in [0.15, 0.2) is 0 Å². The minimum Gasteiger partial charge on any atom is -0.380 e. The third kappa shape index (κ3) is 9.86. The second kappa shape index (κ2) is 12.7. The smallest absolute Gasteiger partial charge is 0.344 e. The molecule has 0 unspecified atom stereocenters. The molecule has 0 radical (unpaired) electrons. The Balaban J connectivity index is 4.42. The first kappa shape index (κ1) is 20.0. The monoisotopic (exact) mass is 311 g/mol. The third-order valence-corrected chi connectivity index (χ3v) is 4.59. The molecule has 0 bridgehead atoms. The van der Waals surface area contributed by atoms with Crippen molar-refractivity contribution in [1.82, 2.24) is 4.90 Å². The standard InChI is InChI=1S/C13H30NO5P/c1-5-16-11-9-14(10-12-17-6-2)13-20(15,18-7-3)19-8-4/h5-13H2,1-4H3. The van der Waals surface area contributed by atoms with Crippen molar-refractivity contribution in [3.8, 4) is 0 Å². The van der Waals surface area contributed by atoms with E-state index in [1.807, 2.05) is 32.6 Å². The van der Waals surface area contributed by atoms with Crippen molar-refractivity contribution in [2.75, 3.05) is 59.0 Å². The summed E-state index contributed by atoms with van der Waals surface area (Å²) in [7, 11) is -3.06. The van der Waals surface area contributed by atoms with Gasteiger partial charge in [0.15, 0.2) is 0 Å². The maximum atomic E-state index is 12.5. The lowest BCUT2D eigenvalue weighted by molar-refractivity contribution is 0.0854. The van der Waals surface area contributed by atoms with Crippen LogP contribution >= 0.6 is 7.60 Å². The number of ether oxygens (including phenoxy) is 2. The van der Waals surface area contributed by atoms with E-state index in [1.54, 1.807) is 0 Å². The average Bonchev–Trinajstić information content (AvgIpc) is 2.39. The Labute approximate surface area is 123 Å². The van der Waals surface area contributed by atoms with Crippen LogP contribution in [-0.4, -0.2) is 63.9 Å². The van der Waals surface area contributed by atoms with E-state index >= 15 is 0 Å². The third-order valence-electron chi connectivity index (χ3n) is 2.54. The molecule has 0 heterocycles. The van der Waals surface area contributed by atoms with Crippen LogP contribution in [0.1, 0.15) is 27.7 Å². The molecule has 6 nitrogen and oxygen atoms in total. The van der Waals surface area contributed by atoms with Crippen molar-refractivity contribution in [3.63, 3.8) is 0 Å². The van der Waals surface area contributed by atoms with Crippen LogP contribution in [0.5, 0.6) is 0 Å². The van der Waals surface area contributed by atoms with E-state index in [0.29, 0.717) is 52.7 Å². The molecule has 0 saturated heterocycles. The number of nitrogens with zero attached hydrogens (tertiary/aromatic N) is 1. The Morgan fingerprint density at radius 1 is 0.800 bits per heavy atom. The Kier molecular flexibility index (Phi) is 12.8. The van der Waals surface area contributed by atoms with E-state index < -0.39 is 7.60 Å². The van der Waals surface area contributed by atoms with E-state index in [9.17, 15) is 4.57 Å². The molecule has 0 aliphatic heterocycles. The molecule has 7 heteroatoms. The predicted octanol–water partition coefficient (Wildman–Crippen LogP) is 2.59. The van der Waals surface area contributed by atoms with Crippen LogP contribution in [0.3, 0.4) is 0 Å². The molecule has 20 heavy (non-hydrogen) atoms. The van der Waals surface area contributed by atoms with Crippen LogP contribution in [0, 0.1) is 0 Å². The average molecular weight is 311 g/mol. The zero-order valence-corrected chi connectivity index (χ0v) is 14.2. The second-order valence-corrected chi connectivity index (χ2v) is 6.12. The maximum absolute atomic E-state index is 12.5. The minimum atomic E-state index is -3.06. The molecule has 122 valence electrons. The summed E-state index contributed by atoms with van der Waals surface area (Å²) in [5.74, 6) is 0. The fourth-order valence-corrected chi connectivity index (χ4v) is 3.48. The summed E-state index contributed by atoms with van der Waals surface area (Å²) in [6, 6.07) is 0. The van der Waals surface area contributed by atoms with Gasteiger partial charge < -0.3 is 18.5 Å². The zero-order valence-electron chi connectivity index (χ0n) is 13.3. The molecular formula is C13H30NO5P. The molecule has 0 rings (SSSR count). The van der Waals surface area contributed by atoms with Crippen molar-refractivity contribution >= 4 is 7.60 Å². The lowest BCUT2D eigenvalue weighted by Crippen LogP contribution is -2.32. The van der Waals surface area contributed by atoms with Crippen LogP contribution < -0.4 is 0 Å². The van der Waals surface area contributed by atoms with Gasteiger partial charge in [0.2, 0.25) is 0 Å². The molecule has 0 aromatic rings. The van der Waals surface area contributed by atoms with Gasteiger partial charge >= 0.3 is 7.60 Å². The largest absolute Gasteiger partial charge is 0.380 e. The topological polar surface area (TPSA) is 57.2 Å². The van der Waals surface area contributed by atoms with Gasteiger partial charge in [-0.3, -0.25) is 9.46 Å². The highest BCUT2D eigenvalue weighted by atomic mass is 31.2. The fourth-order valence-electron chi connectivity index (χ4n) is 1.69. The van der Waals surface area contributed by atoms with E-state index in [0.717, 1.165) is 0 Å². The van der Waals surface area contributed by atoms with Gasteiger partial charge in [-0.1, -0.05) is 0 Å². The lowest BCUT2D eigenvalue weighted by Gasteiger charge is -2.26. The first-order valence-electron chi connectivity index (χ1n) is 7.37. The molecular weight excluding hydrogens is 281 g/mol. The fraction of sp³-hybridized carbons (Fsp3) is 1.00. The summed E-state index contributed by atoms with van der Waals surface area (Å²) in [6.45, 7) is 12.2. The van der Waals surface area contributed by atoms with Gasteiger partial charge in [-0.2, -0.15) is 0 Å². The van der Waals surface area contributed by atoms with E-state index in [-0.39, 0.29) is 6.29 Å². The van der Waals surface area contributed by atoms with Gasteiger partial charge in [0.05, 0.1) is 26.4 Å². The molecule has 0 amide bonds. The highest BCUT2D eigenvalue weighted by Gasteiger charge is 2.26. The summed E-state index contributed by atoms with van der Waals surface area (Å²) in [5, 5.41) is 0. The lowest BCUT2D eigenvalue weighted by atomic mass is 10.5. The van der Waals surface area contributed by atoms with Gasteiger partial charge in [-0.15, -0.1) is 0 Å². The SMILES string of the molecule is CCOCCN(CCOCC)CP(=O)(OCC)OCC. The molecule has 0 saturated carbocycles. The Bertz CT molecular complexity index is 245. The molecule has 0 aromatic carbocycles. The highest BCUT2D eigenvalue weighted by Crippen LogP contribution is 2.48. The molecule has 0 aliphatic rings. The van der Waals surface area contributed by atoms with Gasteiger partial charge in [-0.25, -0.2) is 0 Å². The Hall–Kier alpha value is 0.0300. The quantitative estimate of drug-likeness (QED) is 0.363. The van der Waals surface area contributed by atoms with Gasteiger partial charge in [0.25, 0.3) is 0 Å². The van der Waals surface area contributed by atoms with Crippen molar-refractivity contribution in [2.45, 2.75) is 27.7 Å². The van der Waals surface area contributed by atoms with Crippen LogP contribution in [0.25, 0.3) is 0 Å². The predicted molar refractivity (Wildman–Crippen MR) is 80.3 cm³/mol. The number of rotatable bonds is 14. The molecule has 0 fully saturated rings. The van der Waals surface area contributed by atoms with Crippen molar-refractivity contribution in [1.29, 1.82) is 0 Å². The molecule has 0 spiro atoms. The summed E-state index contributed by atoms with van der Waals surface area (Å²) in [4.78, 5) is 2.01. The number of hydrogen-bond donors (Lipinski definition) is 0. The van der Waals surface area contributed by atoms with Crippen LogP contribution in [-0.2, 0) is 23.1 Å². The van der Waals surface area contributed by atoms with Gasteiger partial charge in [0, 0.05) is 26.3 Å². The molecule has 0 aromatic heterocycles. The summed E-state index contributed by atoms with van der Waals surface area (Å²) in [6.07, 6.45) is 0.273. The highest BCUT2D eigenvalue weighted by molar-refractivity contribution is 7.53. The van der Waals surface area contributed by atoms with E-state index in [1.165, 1.54) is 0 Å². The first-order valence-corrected chi connectivity index (χ1v) is 9.10. The Morgan fingerprint density at radius 2 is 1.25 bits per heavy atom. The Morgan fingerprint density at radius 3 is 1.60 bits per heavy atom. The van der Waals surface area contributed by atoms with Gasteiger partial charge in [0.1, 0.15) is 6.29 Å². The molecule has 0 atom stereocenters. The van der Waals surface area contributed by atoms with Crippen LogP contribution in [0.2, 0.25) is 0 Å². The van der Waals surface area contributed by atoms with E-state index in [2.05, 4.69) is 0 Å². The maximum Gasteiger partial charge on any atom is 0.344 e. The zero-order chi connectivity index (χ0) is 15.3. The summed E-state index contributed by atoms with van der Waals surface area (Å²) >= 11 is 0. The van der Waals surface area contributed by atoms with Crippen molar-refractivity contribution in [2.24, 2.45) is 0 Å². The van der Waals surface area contributed by atoms with Crippen LogP contribution in [0.4, 0.5) is 0 Å². The van der Waals surface area contributed by atoms with Crippen molar-refractivity contribution in [3.05, 3.63) is 0 Å².